The van der Waals surface area contributed by atoms with Crippen LogP contribution in [0.4, 0.5) is 5.69 Å². The highest BCUT2D eigenvalue weighted by Gasteiger charge is 2.18. The molecular weight excluding hydrogens is 394 g/mol. The van der Waals surface area contributed by atoms with Crippen molar-refractivity contribution in [2.75, 3.05) is 18.6 Å². The van der Waals surface area contributed by atoms with Crippen molar-refractivity contribution in [3.63, 3.8) is 0 Å². The number of ether oxygens (including phenoxy) is 1. The molecule has 29 heavy (non-hydrogen) atoms. The van der Waals surface area contributed by atoms with Gasteiger partial charge in [-0.2, -0.15) is 0 Å². The molecule has 3 aromatic rings. The van der Waals surface area contributed by atoms with Gasteiger partial charge in [0.2, 0.25) is 5.91 Å². The number of anilines is 1. The van der Waals surface area contributed by atoms with Gasteiger partial charge < -0.3 is 19.9 Å². The normalized spacial score (nSPS) is 12.9. The molecule has 0 aliphatic carbocycles. The fraction of sp³-hybridized carbons (Fsp3) is 0.190. The van der Waals surface area contributed by atoms with E-state index in [0.29, 0.717) is 30.2 Å². The summed E-state index contributed by atoms with van der Waals surface area (Å²) in [5.41, 5.74) is 7.08. The van der Waals surface area contributed by atoms with Crippen LogP contribution in [-0.2, 0) is 11.2 Å². The zero-order chi connectivity index (χ0) is 20.8. The highest BCUT2D eigenvalue weighted by molar-refractivity contribution is 6.30. The number of carbonyl (C=O) groups is 2. The standard InChI is InChI=1S/C11H9ClN2O2.C10H11NO2/c12-8-3-1-7(2-4-8)5-9-6-10(11(13)15)14-16-9;1-11-8-4-2-3-5-9(8)13-7-6-10(11)12/h1-4,6H,5H2,(H2,13,15);2-5H,6-7H2,1H3. The van der Waals surface area contributed by atoms with Gasteiger partial charge in [-0.05, 0) is 29.8 Å². The zero-order valence-electron chi connectivity index (χ0n) is 15.8. The molecule has 0 fully saturated rings. The van der Waals surface area contributed by atoms with E-state index in [-0.39, 0.29) is 11.6 Å². The fourth-order valence-corrected chi connectivity index (χ4v) is 2.85. The minimum Gasteiger partial charge on any atom is -0.491 e. The highest BCUT2D eigenvalue weighted by atomic mass is 35.5. The van der Waals surface area contributed by atoms with Crippen LogP contribution < -0.4 is 15.4 Å². The Bertz CT molecular complexity index is 1000. The van der Waals surface area contributed by atoms with Crippen LogP contribution in [0, 0.1) is 0 Å². The molecular formula is C21H20ClN3O4. The molecule has 1 aliphatic rings. The van der Waals surface area contributed by atoms with E-state index in [0.717, 1.165) is 17.0 Å². The Labute approximate surface area is 173 Å². The lowest BCUT2D eigenvalue weighted by Gasteiger charge is -2.15. The average molecular weight is 414 g/mol. The lowest BCUT2D eigenvalue weighted by atomic mass is 10.1. The number of nitrogens with zero attached hydrogens (tertiary/aromatic N) is 2. The highest BCUT2D eigenvalue weighted by Crippen LogP contribution is 2.29. The van der Waals surface area contributed by atoms with E-state index in [1.165, 1.54) is 6.07 Å². The number of amides is 2. The first-order valence-electron chi connectivity index (χ1n) is 8.92. The molecule has 8 heteroatoms. The van der Waals surface area contributed by atoms with Gasteiger partial charge in [0.1, 0.15) is 11.5 Å². The van der Waals surface area contributed by atoms with Crippen molar-refractivity contribution in [2.45, 2.75) is 12.8 Å². The number of benzene rings is 2. The Kier molecular flexibility index (Phi) is 6.51. The number of carbonyl (C=O) groups excluding carboxylic acids is 2. The molecule has 0 saturated carbocycles. The van der Waals surface area contributed by atoms with Crippen LogP contribution in [0.2, 0.25) is 5.02 Å². The third-order valence-corrected chi connectivity index (χ3v) is 4.53. The number of primary amides is 1. The Morgan fingerprint density at radius 1 is 1.21 bits per heavy atom. The molecule has 150 valence electrons. The van der Waals surface area contributed by atoms with Gasteiger partial charge in [0, 0.05) is 24.6 Å². The first-order chi connectivity index (χ1) is 13.9. The number of hydrogen-bond acceptors (Lipinski definition) is 5. The van der Waals surface area contributed by atoms with E-state index in [1.807, 2.05) is 36.4 Å². The molecule has 2 aromatic carbocycles. The van der Waals surface area contributed by atoms with Crippen LogP contribution in [-0.4, -0.2) is 30.6 Å². The Hall–Kier alpha value is -3.32. The zero-order valence-corrected chi connectivity index (χ0v) is 16.6. The predicted octanol–water partition coefficient (Wildman–Crippen LogP) is 3.45. The number of fused-ring (bicyclic) bond motifs is 1. The number of aromatic nitrogens is 1. The molecule has 2 heterocycles. The molecule has 0 bridgehead atoms. The minimum atomic E-state index is -0.592. The Morgan fingerprint density at radius 3 is 2.62 bits per heavy atom. The van der Waals surface area contributed by atoms with Crippen molar-refractivity contribution >= 4 is 29.1 Å². The van der Waals surface area contributed by atoms with E-state index in [1.54, 1.807) is 24.1 Å². The maximum absolute atomic E-state index is 11.4. The van der Waals surface area contributed by atoms with Crippen molar-refractivity contribution in [3.8, 4) is 5.75 Å². The van der Waals surface area contributed by atoms with E-state index < -0.39 is 5.91 Å². The molecule has 1 aromatic heterocycles. The van der Waals surface area contributed by atoms with Gasteiger partial charge in [0.05, 0.1) is 18.7 Å². The van der Waals surface area contributed by atoms with Crippen molar-refractivity contribution in [2.24, 2.45) is 5.73 Å². The van der Waals surface area contributed by atoms with Gasteiger partial charge in [0.25, 0.3) is 5.91 Å². The monoisotopic (exact) mass is 413 g/mol. The largest absolute Gasteiger partial charge is 0.491 e. The SMILES string of the molecule is CN1C(=O)CCOc2ccccc21.NC(=O)c1cc(Cc2ccc(Cl)cc2)on1. The van der Waals surface area contributed by atoms with Crippen LogP contribution in [0.5, 0.6) is 5.75 Å². The summed E-state index contributed by atoms with van der Waals surface area (Å²) in [4.78, 5) is 23.9. The van der Waals surface area contributed by atoms with Crippen LogP contribution in [0.3, 0.4) is 0 Å². The maximum atomic E-state index is 11.4. The van der Waals surface area contributed by atoms with E-state index in [9.17, 15) is 9.59 Å². The van der Waals surface area contributed by atoms with Gasteiger partial charge in [-0.1, -0.05) is 41.0 Å². The van der Waals surface area contributed by atoms with E-state index in [2.05, 4.69) is 5.16 Å². The summed E-state index contributed by atoms with van der Waals surface area (Å²) in [5.74, 6) is 0.892. The van der Waals surface area contributed by atoms with Gasteiger partial charge in [-0.25, -0.2) is 0 Å². The summed E-state index contributed by atoms with van der Waals surface area (Å²) < 4.78 is 10.4. The smallest absolute Gasteiger partial charge is 0.270 e. The number of halogens is 1. The second kappa shape index (κ2) is 9.25. The Morgan fingerprint density at radius 2 is 1.93 bits per heavy atom. The van der Waals surface area contributed by atoms with Gasteiger partial charge >= 0.3 is 0 Å². The maximum Gasteiger partial charge on any atom is 0.270 e. The molecule has 0 saturated heterocycles. The van der Waals surface area contributed by atoms with Crippen molar-refractivity contribution in [1.29, 1.82) is 0 Å². The van der Waals surface area contributed by atoms with Crippen molar-refractivity contribution < 1.29 is 18.8 Å². The lowest BCUT2D eigenvalue weighted by molar-refractivity contribution is -0.118. The molecule has 4 rings (SSSR count). The molecule has 2 N–H and O–H groups in total. The Balaban J connectivity index is 0.000000169. The fourth-order valence-electron chi connectivity index (χ4n) is 2.72. The molecule has 0 spiro atoms. The van der Waals surface area contributed by atoms with Gasteiger partial charge in [-0.15, -0.1) is 0 Å². The van der Waals surface area contributed by atoms with Crippen LogP contribution >= 0.6 is 11.6 Å². The second-order valence-electron chi connectivity index (χ2n) is 6.36. The lowest BCUT2D eigenvalue weighted by Crippen LogP contribution is -2.24. The minimum absolute atomic E-state index is 0.102. The van der Waals surface area contributed by atoms with E-state index in [4.69, 9.17) is 26.6 Å². The molecule has 1 aliphatic heterocycles. The first kappa shape index (κ1) is 20.4. The molecule has 7 nitrogen and oxygen atoms in total. The summed E-state index contributed by atoms with van der Waals surface area (Å²) in [7, 11) is 1.77. The third-order valence-electron chi connectivity index (χ3n) is 4.28. The molecule has 0 unspecified atom stereocenters. The first-order valence-corrected chi connectivity index (χ1v) is 9.30. The van der Waals surface area contributed by atoms with Gasteiger partial charge in [-0.3, -0.25) is 9.59 Å². The van der Waals surface area contributed by atoms with Crippen LogP contribution in [0.1, 0.15) is 28.2 Å². The number of rotatable bonds is 3. The van der Waals surface area contributed by atoms with E-state index >= 15 is 0 Å². The quantitative estimate of drug-likeness (QED) is 0.709. The average Bonchev–Trinajstić information content (AvgIpc) is 3.13. The predicted molar refractivity (Wildman–Crippen MR) is 109 cm³/mol. The van der Waals surface area contributed by atoms with Crippen molar-refractivity contribution in [3.05, 3.63) is 76.6 Å². The summed E-state index contributed by atoms with van der Waals surface area (Å²) in [5, 5.41) is 4.23. The topological polar surface area (TPSA) is 98.7 Å². The summed E-state index contributed by atoms with van der Waals surface area (Å²) >= 11 is 5.76. The summed E-state index contributed by atoms with van der Waals surface area (Å²) in [6, 6.07) is 16.5. The number of para-hydroxylation sites is 2. The summed E-state index contributed by atoms with van der Waals surface area (Å²) in [6.07, 6.45) is 1.00. The number of hydrogen-bond donors (Lipinski definition) is 1. The van der Waals surface area contributed by atoms with Crippen LogP contribution in [0.15, 0.2) is 59.1 Å². The van der Waals surface area contributed by atoms with Gasteiger partial charge in [0.15, 0.2) is 5.69 Å². The second-order valence-corrected chi connectivity index (χ2v) is 6.80. The number of nitrogens with two attached hydrogens (primary N) is 1. The van der Waals surface area contributed by atoms with Crippen molar-refractivity contribution in [1.82, 2.24) is 5.16 Å². The molecule has 0 radical (unpaired) electrons. The summed E-state index contributed by atoms with van der Waals surface area (Å²) in [6.45, 7) is 0.472. The molecule has 2 amide bonds. The third kappa shape index (κ3) is 5.36. The molecule has 0 atom stereocenters. The van der Waals surface area contributed by atoms with Crippen LogP contribution in [0.25, 0.3) is 0 Å².